The minimum absolute atomic E-state index is 0.0422. The van der Waals surface area contributed by atoms with Crippen molar-refractivity contribution in [3.05, 3.63) is 53.2 Å². The quantitative estimate of drug-likeness (QED) is 0.738. The van der Waals surface area contributed by atoms with Crippen LogP contribution in [-0.2, 0) is 9.53 Å². The van der Waals surface area contributed by atoms with Gasteiger partial charge in [-0.2, -0.15) is 0 Å². The highest BCUT2D eigenvalue weighted by molar-refractivity contribution is 7.99. The van der Waals surface area contributed by atoms with E-state index in [1.165, 1.54) is 11.8 Å². The number of hydrogen-bond acceptors (Lipinski definition) is 5. The summed E-state index contributed by atoms with van der Waals surface area (Å²) in [6.45, 7) is 3.54. The van der Waals surface area contributed by atoms with E-state index in [-0.39, 0.29) is 18.6 Å². The zero-order valence-electron chi connectivity index (χ0n) is 14.0. The molecule has 5 nitrogen and oxygen atoms in total. The maximum Gasteiger partial charge on any atom is 0.341 e. The number of carbonyl (C=O) groups excluding carboxylic acids is 2. The number of hydrogen-bond donors (Lipinski definition) is 1. The van der Waals surface area contributed by atoms with Crippen LogP contribution in [0.2, 0.25) is 5.02 Å². The van der Waals surface area contributed by atoms with E-state index >= 15 is 0 Å². The average Bonchev–Trinajstić information content (AvgIpc) is 2.62. The zero-order valence-corrected chi connectivity index (χ0v) is 15.6. The highest BCUT2D eigenvalue weighted by Gasteiger charge is 2.16. The van der Waals surface area contributed by atoms with E-state index in [1.807, 2.05) is 26.0 Å². The number of nitrogens with zero attached hydrogens (tertiary/aromatic N) is 1. The van der Waals surface area contributed by atoms with Gasteiger partial charge in [-0.25, -0.2) is 9.78 Å². The Labute approximate surface area is 156 Å². The summed E-state index contributed by atoms with van der Waals surface area (Å²) in [5, 5.41) is 3.89. The number of amides is 1. The second-order valence-electron chi connectivity index (χ2n) is 5.37. The summed E-state index contributed by atoms with van der Waals surface area (Å²) in [5.41, 5.74) is 0.318. The first-order valence-corrected chi connectivity index (χ1v) is 9.04. The molecular formula is C18H19ClN2O3S. The Morgan fingerprint density at radius 2 is 2.00 bits per heavy atom. The molecule has 2 aromatic rings. The van der Waals surface area contributed by atoms with Gasteiger partial charge in [0.05, 0.1) is 5.56 Å². The first-order valence-electron chi connectivity index (χ1n) is 7.84. The van der Waals surface area contributed by atoms with E-state index in [0.29, 0.717) is 15.6 Å². The van der Waals surface area contributed by atoms with E-state index in [4.69, 9.17) is 16.3 Å². The summed E-state index contributed by atoms with van der Waals surface area (Å²) in [7, 11) is 0. The average molecular weight is 379 g/mol. The predicted octanol–water partition coefficient (Wildman–Crippen LogP) is 3.96. The van der Waals surface area contributed by atoms with Crippen LogP contribution >= 0.6 is 23.4 Å². The molecule has 7 heteroatoms. The normalized spacial score (nSPS) is 11.6. The van der Waals surface area contributed by atoms with Crippen LogP contribution in [0.5, 0.6) is 0 Å². The van der Waals surface area contributed by atoms with Gasteiger partial charge >= 0.3 is 5.97 Å². The van der Waals surface area contributed by atoms with E-state index in [0.717, 1.165) is 11.3 Å². The van der Waals surface area contributed by atoms with E-state index in [2.05, 4.69) is 10.3 Å². The lowest BCUT2D eigenvalue weighted by molar-refractivity contribution is -0.124. The molecule has 0 spiro atoms. The zero-order chi connectivity index (χ0) is 18.2. The molecule has 0 radical (unpaired) electrons. The number of ether oxygens (including phenoxy) is 1. The molecule has 2 rings (SSSR count). The molecule has 1 atom stereocenters. The van der Waals surface area contributed by atoms with Gasteiger partial charge in [-0.1, -0.05) is 30.3 Å². The Kier molecular flexibility index (Phi) is 7.28. The van der Waals surface area contributed by atoms with Crippen molar-refractivity contribution < 1.29 is 14.3 Å². The highest BCUT2D eigenvalue weighted by atomic mass is 35.5. The molecule has 1 heterocycles. The van der Waals surface area contributed by atoms with Crippen molar-refractivity contribution in [2.45, 2.75) is 36.2 Å². The lowest BCUT2D eigenvalue weighted by atomic mass is 10.2. The third-order valence-corrected chi connectivity index (χ3v) is 4.65. The third kappa shape index (κ3) is 6.07. The van der Waals surface area contributed by atoms with Crippen LogP contribution in [-0.4, -0.2) is 29.5 Å². The maximum absolute atomic E-state index is 12.3. The Morgan fingerprint density at radius 3 is 2.68 bits per heavy atom. The molecule has 1 amide bonds. The fourth-order valence-electron chi connectivity index (χ4n) is 1.87. The summed E-state index contributed by atoms with van der Waals surface area (Å²) >= 11 is 7.21. The number of benzene rings is 1. The lowest BCUT2D eigenvalue weighted by Gasteiger charge is -2.12. The van der Waals surface area contributed by atoms with Gasteiger partial charge in [0, 0.05) is 22.2 Å². The van der Waals surface area contributed by atoms with Gasteiger partial charge in [0.1, 0.15) is 5.03 Å². The largest absolute Gasteiger partial charge is 0.452 e. The van der Waals surface area contributed by atoms with Crippen molar-refractivity contribution in [2.75, 3.05) is 6.61 Å². The first-order chi connectivity index (χ1) is 12.0. The molecule has 0 fully saturated rings. The van der Waals surface area contributed by atoms with Gasteiger partial charge in [-0.05, 0) is 49.7 Å². The van der Waals surface area contributed by atoms with Gasteiger partial charge in [0.15, 0.2) is 6.61 Å². The van der Waals surface area contributed by atoms with Gasteiger partial charge in [0.2, 0.25) is 0 Å². The second kappa shape index (κ2) is 9.44. The number of nitrogens with one attached hydrogen (secondary N) is 1. The van der Waals surface area contributed by atoms with Crippen molar-refractivity contribution in [3.63, 3.8) is 0 Å². The Hall–Kier alpha value is -2.05. The summed E-state index contributed by atoms with van der Waals surface area (Å²) in [4.78, 5) is 29.2. The molecule has 1 aromatic carbocycles. The predicted molar refractivity (Wildman–Crippen MR) is 98.0 cm³/mol. The third-order valence-electron chi connectivity index (χ3n) is 3.37. The molecule has 0 saturated heterocycles. The minimum atomic E-state index is -0.580. The van der Waals surface area contributed by atoms with Crippen LogP contribution in [0, 0.1) is 0 Å². The Morgan fingerprint density at radius 1 is 1.28 bits per heavy atom. The molecule has 1 N–H and O–H groups in total. The van der Waals surface area contributed by atoms with Gasteiger partial charge in [-0.15, -0.1) is 0 Å². The molecule has 0 aliphatic heterocycles. The van der Waals surface area contributed by atoms with Crippen LogP contribution in [0.1, 0.15) is 30.6 Å². The number of esters is 1. The SMILES string of the molecule is CC[C@H](C)NC(=O)COC(=O)c1cccnc1Sc1ccc(Cl)cc1. The standard InChI is InChI=1S/C18H19ClN2O3S/c1-3-12(2)21-16(22)11-24-18(23)15-5-4-10-20-17(15)25-14-8-6-13(19)7-9-14/h4-10,12H,3,11H2,1-2H3,(H,21,22)/t12-/m0/s1. The van der Waals surface area contributed by atoms with Crippen molar-refractivity contribution in [1.82, 2.24) is 10.3 Å². The molecule has 25 heavy (non-hydrogen) atoms. The van der Waals surface area contributed by atoms with Crippen molar-refractivity contribution in [2.24, 2.45) is 0 Å². The topological polar surface area (TPSA) is 68.3 Å². The summed E-state index contributed by atoms with van der Waals surface area (Å²) in [5.74, 6) is -0.901. The number of rotatable bonds is 7. The minimum Gasteiger partial charge on any atom is -0.452 e. The van der Waals surface area contributed by atoms with E-state index < -0.39 is 5.97 Å². The van der Waals surface area contributed by atoms with Gasteiger partial charge in [-0.3, -0.25) is 4.79 Å². The molecule has 0 unspecified atom stereocenters. The monoisotopic (exact) mass is 378 g/mol. The van der Waals surface area contributed by atoms with Crippen molar-refractivity contribution in [1.29, 1.82) is 0 Å². The fourth-order valence-corrected chi connectivity index (χ4v) is 2.87. The first kappa shape index (κ1) is 19.3. The smallest absolute Gasteiger partial charge is 0.341 e. The molecule has 0 saturated carbocycles. The van der Waals surface area contributed by atoms with Crippen LogP contribution in [0.15, 0.2) is 52.5 Å². The molecule has 0 aliphatic rings. The fraction of sp³-hybridized carbons (Fsp3) is 0.278. The van der Waals surface area contributed by atoms with Crippen LogP contribution in [0.3, 0.4) is 0 Å². The summed E-state index contributed by atoms with van der Waals surface area (Å²) in [6.07, 6.45) is 2.41. The van der Waals surface area contributed by atoms with Crippen molar-refractivity contribution in [3.8, 4) is 0 Å². The molecule has 1 aromatic heterocycles. The highest BCUT2D eigenvalue weighted by Crippen LogP contribution is 2.29. The number of aromatic nitrogens is 1. The molecule has 0 bridgehead atoms. The van der Waals surface area contributed by atoms with Gasteiger partial charge in [0.25, 0.3) is 5.91 Å². The Balaban J connectivity index is 2.02. The summed E-state index contributed by atoms with van der Waals surface area (Å²) in [6, 6.07) is 10.5. The Bertz CT molecular complexity index is 737. The maximum atomic E-state index is 12.3. The second-order valence-corrected chi connectivity index (χ2v) is 6.86. The molecule has 0 aliphatic carbocycles. The van der Waals surface area contributed by atoms with Gasteiger partial charge < -0.3 is 10.1 Å². The van der Waals surface area contributed by atoms with Crippen LogP contribution in [0.25, 0.3) is 0 Å². The lowest BCUT2D eigenvalue weighted by Crippen LogP contribution is -2.35. The van der Waals surface area contributed by atoms with Crippen LogP contribution in [0.4, 0.5) is 0 Å². The molecular weight excluding hydrogens is 360 g/mol. The van der Waals surface area contributed by atoms with Crippen LogP contribution < -0.4 is 5.32 Å². The number of carbonyl (C=O) groups is 2. The van der Waals surface area contributed by atoms with E-state index in [1.54, 1.807) is 30.5 Å². The molecule has 132 valence electrons. The van der Waals surface area contributed by atoms with Crippen molar-refractivity contribution >= 4 is 35.2 Å². The van der Waals surface area contributed by atoms with E-state index in [9.17, 15) is 9.59 Å². The number of pyridine rings is 1. The summed E-state index contributed by atoms with van der Waals surface area (Å²) < 4.78 is 5.11. The number of halogens is 1.